The smallest absolute Gasteiger partial charge is 0.152 e. The molecule has 0 aliphatic carbocycles. The Morgan fingerprint density at radius 3 is 2.42 bits per heavy atom. The van der Waals surface area contributed by atoms with Gasteiger partial charge in [-0.05, 0) is 36.7 Å². The van der Waals surface area contributed by atoms with Gasteiger partial charge in [0.15, 0.2) is 4.60 Å². The number of hydrogen-bond donors (Lipinski definition) is 0. The second-order valence-electron chi connectivity index (χ2n) is 3.54. The minimum atomic E-state index is -0.0662. The van der Waals surface area contributed by atoms with Crippen molar-refractivity contribution in [3.8, 4) is 0 Å². The van der Waals surface area contributed by atoms with E-state index in [0.717, 1.165) is 10.3 Å². The van der Waals surface area contributed by atoms with Gasteiger partial charge in [0.1, 0.15) is 0 Å². The van der Waals surface area contributed by atoms with Gasteiger partial charge in [-0.25, -0.2) is 4.68 Å². The largest absolute Gasteiger partial charge is 0.242 e. The summed E-state index contributed by atoms with van der Waals surface area (Å²) in [6.07, 6.45) is 0. The predicted octanol–water partition coefficient (Wildman–Crippen LogP) is 2.53. The molecule has 1 aromatic rings. The number of halogens is 2. The quantitative estimate of drug-likeness (QED) is 0.719. The number of hydrogen-bond acceptors (Lipinski definition) is 2. The van der Waals surface area contributed by atoms with Crippen LogP contribution in [-0.4, -0.2) is 15.0 Å². The first-order chi connectivity index (χ1) is 5.46. The molecule has 0 N–H and O–H groups in total. The molecule has 0 spiro atoms. The van der Waals surface area contributed by atoms with Crippen molar-refractivity contribution >= 4 is 27.5 Å². The van der Waals surface area contributed by atoms with Gasteiger partial charge in [0.05, 0.1) is 17.1 Å². The van der Waals surface area contributed by atoms with Crippen LogP contribution in [0, 0.1) is 0 Å². The van der Waals surface area contributed by atoms with Crippen LogP contribution in [0.4, 0.5) is 0 Å². The number of rotatable bonds is 1. The Kier molecular flexibility index (Phi) is 2.78. The molecule has 12 heavy (non-hydrogen) atoms. The molecule has 0 atom stereocenters. The standard InChI is InChI=1S/C7H11BrClN3/c1-7(2,3)12-5(4-9)6(8)10-11-12/h4H2,1-3H3. The van der Waals surface area contributed by atoms with E-state index in [4.69, 9.17) is 11.6 Å². The maximum absolute atomic E-state index is 5.75. The first kappa shape index (κ1) is 9.99. The van der Waals surface area contributed by atoms with Gasteiger partial charge in [0.25, 0.3) is 0 Å². The average molecular weight is 253 g/mol. The van der Waals surface area contributed by atoms with Crippen molar-refractivity contribution < 1.29 is 0 Å². The first-order valence-electron chi connectivity index (χ1n) is 3.63. The van der Waals surface area contributed by atoms with Crippen molar-refractivity contribution in [2.45, 2.75) is 32.2 Å². The van der Waals surface area contributed by atoms with E-state index >= 15 is 0 Å². The minimum absolute atomic E-state index is 0.0662. The second kappa shape index (κ2) is 3.34. The van der Waals surface area contributed by atoms with Gasteiger partial charge >= 0.3 is 0 Å². The molecule has 5 heteroatoms. The normalized spacial score (nSPS) is 12.1. The van der Waals surface area contributed by atoms with Gasteiger partial charge in [0.2, 0.25) is 0 Å². The van der Waals surface area contributed by atoms with Crippen LogP contribution in [0.2, 0.25) is 0 Å². The molecule has 0 fully saturated rings. The lowest BCUT2D eigenvalue weighted by atomic mass is 10.1. The van der Waals surface area contributed by atoms with Crippen LogP contribution in [0.5, 0.6) is 0 Å². The second-order valence-corrected chi connectivity index (χ2v) is 4.56. The van der Waals surface area contributed by atoms with E-state index in [9.17, 15) is 0 Å². The van der Waals surface area contributed by atoms with Crippen molar-refractivity contribution in [2.75, 3.05) is 0 Å². The molecule has 68 valence electrons. The fourth-order valence-electron chi connectivity index (χ4n) is 0.934. The predicted molar refractivity (Wildman–Crippen MR) is 52.3 cm³/mol. The molecule has 0 saturated heterocycles. The third-order valence-electron chi connectivity index (χ3n) is 1.48. The van der Waals surface area contributed by atoms with Gasteiger partial charge in [-0.3, -0.25) is 0 Å². The topological polar surface area (TPSA) is 30.7 Å². The summed E-state index contributed by atoms with van der Waals surface area (Å²) in [4.78, 5) is 0. The summed E-state index contributed by atoms with van der Waals surface area (Å²) in [6.45, 7) is 6.18. The van der Waals surface area contributed by atoms with E-state index in [1.54, 1.807) is 0 Å². The lowest BCUT2D eigenvalue weighted by Crippen LogP contribution is -2.25. The third kappa shape index (κ3) is 1.80. The van der Waals surface area contributed by atoms with Crippen LogP contribution in [0.3, 0.4) is 0 Å². The fourth-order valence-corrected chi connectivity index (χ4v) is 1.71. The SMILES string of the molecule is CC(C)(C)n1nnc(Br)c1CCl. The van der Waals surface area contributed by atoms with Crippen LogP contribution >= 0.6 is 27.5 Å². The van der Waals surface area contributed by atoms with Crippen LogP contribution in [0.1, 0.15) is 26.5 Å². The fraction of sp³-hybridized carbons (Fsp3) is 0.714. The van der Waals surface area contributed by atoms with E-state index in [1.807, 2.05) is 4.68 Å². The molecule has 1 rings (SSSR count). The zero-order chi connectivity index (χ0) is 9.35. The Bertz CT molecular complexity index is 277. The van der Waals surface area contributed by atoms with Crippen LogP contribution < -0.4 is 0 Å². The Labute approximate surface area is 85.2 Å². The number of aromatic nitrogens is 3. The van der Waals surface area contributed by atoms with Gasteiger partial charge in [-0.1, -0.05) is 5.21 Å². The highest BCUT2D eigenvalue weighted by Crippen LogP contribution is 2.21. The molecule has 0 amide bonds. The average Bonchev–Trinajstić information content (AvgIpc) is 2.29. The summed E-state index contributed by atoms with van der Waals surface area (Å²) in [6, 6.07) is 0. The van der Waals surface area contributed by atoms with Gasteiger partial charge in [-0.2, -0.15) is 0 Å². The summed E-state index contributed by atoms with van der Waals surface area (Å²) >= 11 is 9.04. The molecular formula is C7H11BrClN3. The van der Waals surface area contributed by atoms with E-state index in [1.165, 1.54) is 0 Å². The molecule has 0 saturated carbocycles. The summed E-state index contributed by atoms with van der Waals surface area (Å²) in [5.74, 6) is 0.421. The Morgan fingerprint density at radius 1 is 1.50 bits per heavy atom. The molecule has 1 heterocycles. The maximum atomic E-state index is 5.75. The molecule has 0 aliphatic rings. The van der Waals surface area contributed by atoms with E-state index in [-0.39, 0.29) is 5.54 Å². The lowest BCUT2D eigenvalue weighted by Gasteiger charge is -2.20. The van der Waals surface area contributed by atoms with E-state index in [0.29, 0.717) is 5.88 Å². The van der Waals surface area contributed by atoms with Crippen molar-refractivity contribution in [1.82, 2.24) is 15.0 Å². The van der Waals surface area contributed by atoms with Gasteiger partial charge in [0, 0.05) is 0 Å². The molecule has 0 unspecified atom stereocenters. The van der Waals surface area contributed by atoms with Crippen molar-refractivity contribution in [3.05, 3.63) is 10.3 Å². The van der Waals surface area contributed by atoms with Crippen LogP contribution in [0.15, 0.2) is 4.60 Å². The highest BCUT2D eigenvalue weighted by Gasteiger charge is 2.20. The van der Waals surface area contributed by atoms with Crippen LogP contribution in [-0.2, 0) is 11.4 Å². The van der Waals surface area contributed by atoms with Crippen LogP contribution in [0.25, 0.3) is 0 Å². The zero-order valence-electron chi connectivity index (χ0n) is 7.30. The zero-order valence-corrected chi connectivity index (χ0v) is 9.65. The Morgan fingerprint density at radius 2 is 2.08 bits per heavy atom. The molecule has 3 nitrogen and oxygen atoms in total. The van der Waals surface area contributed by atoms with Gasteiger partial charge < -0.3 is 0 Å². The molecule has 0 aromatic carbocycles. The summed E-state index contributed by atoms with van der Waals surface area (Å²) < 4.78 is 2.55. The van der Waals surface area contributed by atoms with Crippen molar-refractivity contribution in [1.29, 1.82) is 0 Å². The number of alkyl halides is 1. The highest BCUT2D eigenvalue weighted by atomic mass is 79.9. The Balaban J connectivity index is 3.16. The number of nitrogens with zero attached hydrogens (tertiary/aromatic N) is 3. The summed E-state index contributed by atoms with van der Waals surface area (Å²) in [7, 11) is 0. The lowest BCUT2D eigenvalue weighted by molar-refractivity contribution is 0.338. The molecule has 0 aliphatic heterocycles. The summed E-state index contributed by atoms with van der Waals surface area (Å²) in [5, 5.41) is 7.89. The van der Waals surface area contributed by atoms with Crippen molar-refractivity contribution in [2.24, 2.45) is 0 Å². The summed E-state index contributed by atoms with van der Waals surface area (Å²) in [5.41, 5.74) is 0.854. The first-order valence-corrected chi connectivity index (χ1v) is 4.96. The van der Waals surface area contributed by atoms with E-state index < -0.39 is 0 Å². The van der Waals surface area contributed by atoms with Crippen molar-refractivity contribution in [3.63, 3.8) is 0 Å². The monoisotopic (exact) mass is 251 g/mol. The molecule has 0 bridgehead atoms. The third-order valence-corrected chi connectivity index (χ3v) is 2.35. The maximum Gasteiger partial charge on any atom is 0.152 e. The van der Waals surface area contributed by atoms with Gasteiger partial charge in [-0.15, -0.1) is 16.7 Å². The Hall–Kier alpha value is -0.0900. The minimum Gasteiger partial charge on any atom is -0.242 e. The molecule has 0 radical (unpaired) electrons. The van der Waals surface area contributed by atoms with E-state index in [2.05, 4.69) is 47.0 Å². The highest BCUT2D eigenvalue weighted by molar-refractivity contribution is 9.10. The molecule has 1 aromatic heterocycles. The molecular weight excluding hydrogens is 241 g/mol.